The smallest absolute Gasteiger partial charge is 0.293 e. The van der Waals surface area contributed by atoms with Crippen LogP contribution in [0.5, 0.6) is 0 Å². The Balaban J connectivity index is 2.25. The van der Waals surface area contributed by atoms with Gasteiger partial charge in [0.1, 0.15) is 11.3 Å². The first-order valence-corrected chi connectivity index (χ1v) is 8.03. The lowest BCUT2D eigenvalue weighted by molar-refractivity contribution is -0.255. The SMILES string of the molecule is CCOC1(OCC)N=C(N)C2(C#N)C(c3ccccc3C)C12C#N. The minimum atomic E-state index is -1.54. The summed E-state index contributed by atoms with van der Waals surface area (Å²) in [4.78, 5) is 4.33. The van der Waals surface area contributed by atoms with Gasteiger partial charge in [0.15, 0.2) is 5.41 Å². The molecule has 6 heteroatoms. The Morgan fingerprint density at radius 1 is 1.17 bits per heavy atom. The number of rotatable bonds is 5. The number of amidine groups is 1. The Labute approximate surface area is 141 Å². The van der Waals surface area contributed by atoms with Crippen molar-refractivity contribution < 1.29 is 9.47 Å². The van der Waals surface area contributed by atoms with E-state index in [9.17, 15) is 10.5 Å². The first kappa shape index (κ1) is 16.4. The second kappa shape index (κ2) is 5.31. The average Bonchev–Trinajstić information content (AvgIpc) is 3.14. The predicted octanol–water partition coefficient (Wildman–Crippen LogP) is 2.21. The van der Waals surface area contributed by atoms with E-state index in [0.29, 0.717) is 13.2 Å². The molecule has 1 fully saturated rings. The molecule has 3 rings (SSSR count). The second-order valence-corrected chi connectivity index (χ2v) is 6.07. The number of fused-ring (bicyclic) bond motifs is 1. The minimum absolute atomic E-state index is 0.113. The number of aliphatic imine (C=N–C) groups is 1. The molecular weight excluding hydrogens is 304 g/mol. The standard InChI is InChI=1S/C18H20N4O2/c1-4-23-18(24-5-2)17(11-20)14(13-9-7-6-8-12(13)3)16(17,10-19)15(21)22-18/h6-9,14H,4-5H2,1-3H3,(H2,21,22). The van der Waals surface area contributed by atoms with Gasteiger partial charge in [0.25, 0.3) is 5.91 Å². The molecule has 2 aliphatic rings. The number of aryl methyl sites for hydroxylation is 1. The highest BCUT2D eigenvalue weighted by Crippen LogP contribution is 2.82. The van der Waals surface area contributed by atoms with Crippen LogP contribution >= 0.6 is 0 Å². The van der Waals surface area contributed by atoms with Crippen molar-refractivity contribution in [1.82, 2.24) is 0 Å². The first-order valence-electron chi connectivity index (χ1n) is 8.03. The van der Waals surface area contributed by atoms with Crippen LogP contribution < -0.4 is 5.73 Å². The Bertz CT molecular complexity index is 785. The molecule has 1 aliphatic heterocycles. The van der Waals surface area contributed by atoms with Crippen LogP contribution in [0.2, 0.25) is 0 Å². The van der Waals surface area contributed by atoms with E-state index in [0.717, 1.165) is 11.1 Å². The topological polar surface area (TPSA) is 104 Å². The highest BCUT2D eigenvalue weighted by molar-refractivity contribution is 6.00. The lowest BCUT2D eigenvalue weighted by Gasteiger charge is -2.31. The van der Waals surface area contributed by atoms with Crippen LogP contribution in [0.3, 0.4) is 0 Å². The monoisotopic (exact) mass is 324 g/mol. The van der Waals surface area contributed by atoms with Gasteiger partial charge >= 0.3 is 0 Å². The van der Waals surface area contributed by atoms with Gasteiger partial charge in [0.2, 0.25) is 0 Å². The summed E-state index contributed by atoms with van der Waals surface area (Å²) in [5.41, 5.74) is 5.55. The molecule has 1 aromatic carbocycles. The molecule has 0 amide bonds. The fraction of sp³-hybridized carbons (Fsp3) is 0.500. The third-order valence-electron chi connectivity index (χ3n) is 5.11. The molecule has 3 atom stereocenters. The van der Waals surface area contributed by atoms with Crippen molar-refractivity contribution in [3.63, 3.8) is 0 Å². The number of nitriles is 2. The summed E-state index contributed by atoms with van der Waals surface area (Å²) in [5, 5.41) is 20.1. The Kier molecular flexibility index (Phi) is 3.64. The van der Waals surface area contributed by atoms with Gasteiger partial charge in [-0.15, -0.1) is 0 Å². The van der Waals surface area contributed by atoms with E-state index < -0.39 is 22.7 Å². The van der Waals surface area contributed by atoms with E-state index in [-0.39, 0.29) is 5.84 Å². The zero-order valence-electron chi connectivity index (χ0n) is 14.0. The van der Waals surface area contributed by atoms with Gasteiger partial charge in [-0.3, -0.25) is 0 Å². The van der Waals surface area contributed by atoms with Gasteiger partial charge in [-0.05, 0) is 31.9 Å². The van der Waals surface area contributed by atoms with Crippen LogP contribution in [-0.2, 0) is 9.47 Å². The lowest BCUT2D eigenvalue weighted by atomic mass is 9.93. The predicted molar refractivity (Wildman–Crippen MR) is 87.6 cm³/mol. The van der Waals surface area contributed by atoms with Crippen LogP contribution in [0, 0.1) is 40.4 Å². The third kappa shape index (κ3) is 1.57. The van der Waals surface area contributed by atoms with Crippen LogP contribution in [-0.4, -0.2) is 25.0 Å². The van der Waals surface area contributed by atoms with E-state index in [2.05, 4.69) is 17.1 Å². The summed E-state index contributed by atoms with van der Waals surface area (Å²) in [6, 6.07) is 12.3. The number of hydrogen-bond acceptors (Lipinski definition) is 6. The number of hydrogen-bond donors (Lipinski definition) is 1. The Hall–Kier alpha value is -2.41. The molecule has 3 unspecified atom stereocenters. The average molecular weight is 324 g/mol. The molecule has 24 heavy (non-hydrogen) atoms. The number of nitrogens with zero attached hydrogens (tertiary/aromatic N) is 3. The minimum Gasteiger partial charge on any atom is -0.386 e. The van der Waals surface area contributed by atoms with Crippen molar-refractivity contribution in [2.45, 2.75) is 32.6 Å². The summed E-state index contributed by atoms with van der Waals surface area (Å²) < 4.78 is 11.6. The van der Waals surface area contributed by atoms with Gasteiger partial charge < -0.3 is 15.2 Å². The molecule has 0 spiro atoms. The van der Waals surface area contributed by atoms with Crippen molar-refractivity contribution in [2.75, 3.05) is 13.2 Å². The van der Waals surface area contributed by atoms with Crippen LogP contribution in [0.1, 0.15) is 30.9 Å². The fourth-order valence-electron chi connectivity index (χ4n) is 4.13. The quantitative estimate of drug-likeness (QED) is 0.836. The summed E-state index contributed by atoms with van der Waals surface area (Å²) in [6.07, 6.45) is 0. The van der Waals surface area contributed by atoms with Crippen molar-refractivity contribution in [3.8, 4) is 12.1 Å². The van der Waals surface area contributed by atoms with Crippen molar-refractivity contribution >= 4 is 5.84 Å². The van der Waals surface area contributed by atoms with Gasteiger partial charge in [0, 0.05) is 19.1 Å². The van der Waals surface area contributed by atoms with Crippen LogP contribution in [0.4, 0.5) is 0 Å². The second-order valence-electron chi connectivity index (χ2n) is 6.07. The van der Waals surface area contributed by atoms with E-state index in [1.165, 1.54) is 0 Å². The number of benzene rings is 1. The van der Waals surface area contributed by atoms with E-state index in [4.69, 9.17) is 15.2 Å². The van der Waals surface area contributed by atoms with E-state index in [1.807, 2.05) is 31.2 Å². The van der Waals surface area contributed by atoms with Gasteiger partial charge in [-0.2, -0.15) is 10.5 Å². The number of ether oxygens (including phenoxy) is 2. The Morgan fingerprint density at radius 3 is 2.29 bits per heavy atom. The largest absolute Gasteiger partial charge is 0.386 e. The highest BCUT2D eigenvalue weighted by atomic mass is 16.7. The molecule has 0 bridgehead atoms. The summed E-state index contributed by atoms with van der Waals surface area (Å²) >= 11 is 0. The molecule has 124 valence electrons. The lowest BCUT2D eigenvalue weighted by Crippen LogP contribution is -2.43. The summed E-state index contributed by atoms with van der Waals surface area (Å²) in [7, 11) is 0. The van der Waals surface area contributed by atoms with Gasteiger partial charge in [-0.25, -0.2) is 4.99 Å². The van der Waals surface area contributed by atoms with Gasteiger partial charge in [0.05, 0.1) is 12.1 Å². The summed E-state index contributed by atoms with van der Waals surface area (Å²) in [6.45, 7) is 6.14. The molecule has 0 saturated heterocycles. The van der Waals surface area contributed by atoms with Crippen molar-refractivity contribution in [3.05, 3.63) is 35.4 Å². The zero-order valence-corrected chi connectivity index (χ0v) is 14.0. The maximum Gasteiger partial charge on any atom is 0.293 e. The maximum atomic E-state index is 10.1. The van der Waals surface area contributed by atoms with Crippen LogP contribution in [0.25, 0.3) is 0 Å². The molecule has 2 N–H and O–H groups in total. The maximum absolute atomic E-state index is 10.1. The molecule has 0 radical (unpaired) electrons. The number of nitrogens with two attached hydrogens (primary N) is 1. The molecule has 6 nitrogen and oxygen atoms in total. The van der Waals surface area contributed by atoms with E-state index in [1.54, 1.807) is 13.8 Å². The summed E-state index contributed by atoms with van der Waals surface area (Å²) in [5.74, 6) is -1.86. The molecule has 1 aromatic rings. The fourth-order valence-corrected chi connectivity index (χ4v) is 4.13. The molecule has 1 aliphatic carbocycles. The molecule has 0 aromatic heterocycles. The van der Waals surface area contributed by atoms with Gasteiger partial charge in [-0.1, -0.05) is 24.3 Å². The van der Waals surface area contributed by atoms with Crippen LogP contribution in [0.15, 0.2) is 29.3 Å². The highest BCUT2D eigenvalue weighted by Gasteiger charge is 2.93. The van der Waals surface area contributed by atoms with Crippen molar-refractivity contribution in [2.24, 2.45) is 21.6 Å². The first-order chi connectivity index (χ1) is 11.5. The Morgan fingerprint density at radius 2 is 1.79 bits per heavy atom. The van der Waals surface area contributed by atoms with E-state index >= 15 is 0 Å². The molecular formula is C18H20N4O2. The van der Waals surface area contributed by atoms with Crippen molar-refractivity contribution in [1.29, 1.82) is 10.5 Å². The molecule has 1 saturated carbocycles. The molecule has 1 heterocycles. The third-order valence-corrected chi connectivity index (χ3v) is 5.11. The normalized spacial score (nSPS) is 32.4. The zero-order chi connectivity index (χ0) is 17.6.